The van der Waals surface area contributed by atoms with E-state index in [0.717, 1.165) is 51.1 Å². The van der Waals surface area contributed by atoms with Crippen LogP contribution >= 0.6 is 0 Å². The second-order valence-electron chi connectivity index (χ2n) is 11.1. The zero-order valence-corrected chi connectivity index (χ0v) is 21.6. The molecule has 1 aromatic heterocycles. The van der Waals surface area contributed by atoms with Crippen molar-refractivity contribution >= 4 is 29.0 Å². The molecule has 2 aromatic rings. The molecule has 1 saturated heterocycles. The Balaban J connectivity index is 1.16. The number of carbonyl (C=O) groups excluding carboxylic acids is 1. The molecule has 6 rings (SSSR count). The Bertz CT molecular complexity index is 1190. The molecule has 0 radical (unpaired) electrons. The van der Waals surface area contributed by atoms with Gasteiger partial charge in [-0.15, -0.1) is 0 Å². The minimum Gasteiger partial charge on any atom is -0.369 e. The third kappa shape index (κ3) is 4.89. The third-order valence-corrected chi connectivity index (χ3v) is 8.56. The third-order valence-electron chi connectivity index (χ3n) is 8.56. The van der Waals surface area contributed by atoms with Crippen molar-refractivity contribution in [3.8, 4) is 0 Å². The number of rotatable bonds is 7. The number of aryl methyl sites for hydroxylation is 1. The monoisotopic (exact) mass is 505 g/mol. The highest BCUT2D eigenvalue weighted by Crippen LogP contribution is 2.45. The van der Waals surface area contributed by atoms with E-state index >= 15 is 0 Å². The normalized spacial score (nSPS) is 27.3. The summed E-state index contributed by atoms with van der Waals surface area (Å²) in [6, 6.07) is 6.32. The fraction of sp³-hybridized carbons (Fsp3) is 0.536. The first kappa shape index (κ1) is 24.2. The summed E-state index contributed by atoms with van der Waals surface area (Å²) in [7, 11) is 2.15. The molecule has 1 aliphatic heterocycles. The van der Waals surface area contributed by atoms with Gasteiger partial charge in [0.15, 0.2) is 11.6 Å². The number of benzene rings is 1. The molecule has 2 saturated carbocycles. The van der Waals surface area contributed by atoms with Crippen LogP contribution in [0.25, 0.3) is 0 Å². The number of piperazine rings is 1. The Labute approximate surface area is 217 Å². The summed E-state index contributed by atoms with van der Waals surface area (Å²) in [5.74, 6) is 0.177. The lowest BCUT2D eigenvalue weighted by Gasteiger charge is -2.35. The minimum absolute atomic E-state index is 0.0720. The maximum absolute atomic E-state index is 14.8. The summed E-state index contributed by atoms with van der Waals surface area (Å²) in [6.45, 7) is 6.24. The van der Waals surface area contributed by atoms with Gasteiger partial charge in [-0.3, -0.25) is 4.79 Å². The quantitative estimate of drug-likeness (QED) is 0.495. The van der Waals surface area contributed by atoms with E-state index in [2.05, 4.69) is 74.0 Å². The van der Waals surface area contributed by atoms with Crippen molar-refractivity contribution in [2.45, 2.75) is 44.7 Å². The fourth-order valence-electron chi connectivity index (χ4n) is 6.18. The number of allylic oxidation sites excluding steroid dienone is 1. The fourth-order valence-corrected chi connectivity index (χ4v) is 6.18. The number of fused-ring (bicyclic) bond motifs is 2. The molecule has 37 heavy (non-hydrogen) atoms. The molecule has 2 heterocycles. The second kappa shape index (κ2) is 9.93. The predicted octanol–water partition coefficient (Wildman–Crippen LogP) is 3.69. The summed E-state index contributed by atoms with van der Waals surface area (Å²) in [5, 5.41) is 9.72. The Morgan fingerprint density at radius 1 is 1.11 bits per heavy atom. The van der Waals surface area contributed by atoms with Crippen LogP contribution < -0.4 is 20.9 Å². The SMILES string of the molecule is Cc1cc(Nc2ncc(F)c(N[C@@H]3[C@H](C(=O)NC4CCC4)[C@H]4C=C[C@@H]3C4)n2)ccc1N1CCN(C)CC1. The van der Waals surface area contributed by atoms with Crippen LogP contribution in [0.1, 0.15) is 31.2 Å². The van der Waals surface area contributed by atoms with E-state index in [-0.39, 0.29) is 41.6 Å². The number of amides is 1. The van der Waals surface area contributed by atoms with Crippen molar-refractivity contribution in [3.05, 3.63) is 47.9 Å². The second-order valence-corrected chi connectivity index (χ2v) is 11.1. The van der Waals surface area contributed by atoms with Gasteiger partial charge in [0, 0.05) is 49.6 Å². The van der Waals surface area contributed by atoms with E-state index in [0.29, 0.717) is 5.95 Å². The number of likely N-dealkylation sites (N-methyl/N-ethyl adjacent to an activating group) is 1. The molecule has 9 heteroatoms. The van der Waals surface area contributed by atoms with Gasteiger partial charge in [-0.2, -0.15) is 4.98 Å². The van der Waals surface area contributed by atoms with Crippen molar-refractivity contribution < 1.29 is 9.18 Å². The van der Waals surface area contributed by atoms with Crippen LogP contribution in [0.2, 0.25) is 0 Å². The lowest BCUT2D eigenvalue weighted by atomic mass is 9.86. The summed E-state index contributed by atoms with van der Waals surface area (Å²) in [4.78, 5) is 26.5. The highest BCUT2D eigenvalue weighted by Gasteiger charge is 2.49. The van der Waals surface area contributed by atoms with E-state index in [1.165, 1.54) is 23.9 Å². The molecule has 4 aliphatic rings. The Hall–Kier alpha value is -3.20. The van der Waals surface area contributed by atoms with E-state index in [4.69, 9.17) is 0 Å². The van der Waals surface area contributed by atoms with Crippen LogP contribution in [0.5, 0.6) is 0 Å². The van der Waals surface area contributed by atoms with Crippen LogP contribution in [0.3, 0.4) is 0 Å². The zero-order chi connectivity index (χ0) is 25.5. The van der Waals surface area contributed by atoms with Gasteiger partial charge < -0.3 is 25.8 Å². The Kier molecular flexibility index (Phi) is 6.48. The minimum atomic E-state index is -0.517. The Morgan fingerprint density at radius 2 is 1.89 bits per heavy atom. The summed E-state index contributed by atoms with van der Waals surface area (Å²) >= 11 is 0. The average molecular weight is 506 g/mol. The first-order valence-electron chi connectivity index (χ1n) is 13.5. The van der Waals surface area contributed by atoms with Gasteiger partial charge in [-0.1, -0.05) is 12.2 Å². The number of hydrogen-bond donors (Lipinski definition) is 3. The predicted molar refractivity (Wildman–Crippen MR) is 144 cm³/mol. The van der Waals surface area contributed by atoms with Gasteiger partial charge in [-0.05, 0) is 75.3 Å². The first-order chi connectivity index (χ1) is 17.9. The first-order valence-corrected chi connectivity index (χ1v) is 13.5. The maximum atomic E-state index is 14.8. The maximum Gasteiger partial charge on any atom is 0.229 e. The standard InChI is InChI=1S/C28H36FN7O/c1-17-14-21(8-9-23(17)36-12-10-35(2)11-13-36)32-28-30-16-22(29)26(34-28)33-25-19-7-6-18(15-19)24(25)27(37)31-20-4-3-5-20/h6-9,14,16,18-20,24-25H,3-5,10-13,15H2,1-2H3,(H,31,37)(H2,30,32,33,34)/t18-,19+,24+,25-/m0/s1. The van der Waals surface area contributed by atoms with E-state index < -0.39 is 5.82 Å². The number of anilines is 4. The number of halogens is 1. The van der Waals surface area contributed by atoms with Gasteiger partial charge in [0.05, 0.1) is 12.1 Å². The molecule has 0 spiro atoms. The van der Waals surface area contributed by atoms with Crippen LogP contribution in [0, 0.1) is 30.5 Å². The number of carbonyl (C=O) groups is 1. The summed E-state index contributed by atoms with van der Waals surface area (Å²) in [5.41, 5.74) is 3.26. The van der Waals surface area contributed by atoms with Crippen LogP contribution in [0.4, 0.5) is 27.5 Å². The van der Waals surface area contributed by atoms with Gasteiger partial charge >= 0.3 is 0 Å². The van der Waals surface area contributed by atoms with Gasteiger partial charge in [0.25, 0.3) is 0 Å². The molecule has 3 fully saturated rings. The summed E-state index contributed by atoms with van der Waals surface area (Å²) < 4.78 is 14.8. The van der Waals surface area contributed by atoms with Crippen LogP contribution in [0.15, 0.2) is 36.5 Å². The molecular weight excluding hydrogens is 469 g/mol. The van der Waals surface area contributed by atoms with Crippen molar-refractivity contribution in [1.29, 1.82) is 0 Å². The largest absolute Gasteiger partial charge is 0.369 e. The van der Waals surface area contributed by atoms with E-state index in [9.17, 15) is 9.18 Å². The Morgan fingerprint density at radius 3 is 2.62 bits per heavy atom. The van der Waals surface area contributed by atoms with E-state index in [1.54, 1.807) is 0 Å². The molecule has 1 amide bonds. The smallest absolute Gasteiger partial charge is 0.229 e. The van der Waals surface area contributed by atoms with Crippen LogP contribution in [-0.2, 0) is 4.79 Å². The van der Waals surface area contributed by atoms with Crippen LogP contribution in [-0.4, -0.2) is 66.1 Å². The molecule has 8 nitrogen and oxygen atoms in total. The van der Waals surface area contributed by atoms with Crippen molar-refractivity contribution in [3.63, 3.8) is 0 Å². The van der Waals surface area contributed by atoms with Gasteiger partial charge in [0.1, 0.15) is 0 Å². The summed E-state index contributed by atoms with van der Waals surface area (Å²) in [6.07, 6.45) is 9.66. The zero-order valence-electron chi connectivity index (χ0n) is 21.6. The highest BCUT2D eigenvalue weighted by molar-refractivity contribution is 5.82. The number of nitrogens with zero attached hydrogens (tertiary/aromatic N) is 4. The lowest BCUT2D eigenvalue weighted by Crippen LogP contribution is -2.48. The molecular formula is C28H36FN7O. The van der Waals surface area contributed by atoms with Crippen molar-refractivity contribution in [2.75, 3.05) is 48.8 Å². The molecule has 4 atom stereocenters. The van der Waals surface area contributed by atoms with Crippen molar-refractivity contribution in [2.24, 2.45) is 17.8 Å². The lowest BCUT2D eigenvalue weighted by molar-refractivity contribution is -0.127. The van der Waals surface area contributed by atoms with Gasteiger partial charge in [-0.25, -0.2) is 9.37 Å². The molecule has 3 N–H and O–H groups in total. The molecule has 3 aliphatic carbocycles. The molecule has 0 unspecified atom stereocenters. The van der Waals surface area contributed by atoms with E-state index in [1.807, 2.05) is 6.07 Å². The average Bonchev–Trinajstić information content (AvgIpc) is 3.46. The molecule has 1 aromatic carbocycles. The van der Waals surface area contributed by atoms with Gasteiger partial charge in [0.2, 0.25) is 11.9 Å². The number of aromatic nitrogens is 2. The van der Waals surface area contributed by atoms with Crippen molar-refractivity contribution in [1.82, 2.24) is 20.2 Å². The number of nitrogens with one attached hydrogen (secondary N) is 3. The topological polar surface area (TPSA) is 85.4 Å². The number of hydrogen-bond acceptors (Lipinski definition) is 7. The highest BCUT2D eigenvalue weighted by atomic mass is 19.1. The molecule has 2 bridgehead atoms. The molecule has 196 valence electrons.